The predicted octanol–water partition coefficient (Wildman–Crippen LogP) is 1.95. The summed E-state index contributed by atoms with van der Waals surface area (Å²) in [6.45, 7) is 4.14. The molecule has 0 aromatic carbocycles. The quantitative estimate of drug-likeness (QED) is 0.536. The molecule has 1 aromatic rings. The molecule has 0 N–H and O–H groups in total. The van der Waals surface area contributed by atoms with E-state index >= 15 is 0 Å². The van der Waals surface area contributed by atoms with Gasteiger partial charge in [0.15, 0.2) is 0 Å². The Morgan fingerprint density at radius 3 is 3.12 bits per heavy atom. The third-order valence-corrected chi connectivity index (χ3v) is 1.61. The van der Waals surface area contributed by atoms with Gasteiger partial charge in [-0.25, -0.2) is 0 Å². The Morgan fingerprint density at radius 1 is 1.75 bits per heavy atom. The molecule has 0 amide bonds. The molecule has 0 fully saturated rings. The molecule has 0 radical (unpaired) electrons. The molecule has 1 aromatic heterocycles. The van der Waals surface area contributed by atoms with Gasteiger partial charge in [-0.1, -0.05) is 0 Å². The van der Waals surface area contributed by atoms with Crippen LogP contribution in [0, 0.1) is 0 Å². The highest BCUT2D eigenvalue weighted by atomic mass is 32.1. The van der Waals surface area contributed by atoms with Gasteiger partial charge in [0.05, 0.1) is 6.54 Å². The Labute approximate surface area is 52.7 Å². The number of nitrogens with zero attached hydrogens (tertiary/aromatic N) is 1. The van der Waals surface area contributed by atoms with Crippen LogP contribution >= 0.6 is 11.3 Å². The standard InChI is InChI=1S/C6H7NS/c1-7-4-6-2-3-8-5-6/h2-3,5H,1,4H2. The Hall–Kier alpha value is -0.630. The summed E-state index contributed by atoms with van der Waals surface area (Å²) in [7, 11) is 0. The van der Waals surface area contributed by atoms with Gasteiger partial charge in [0.2, 0.25) is 0 Å². The Morgan fingerprint density at radius 2 is 2.62 bits per heavy atom. The van der Waals surface area contributed by atoms with Crippen molar-refractivity contribution in [3.05, 3.63) is 22.4 Å². The fraction of sp³-hybridized carbons (Fsp3) is 0.167. The van der Waals surface area contributed by atoms with E-state index in [0.717, 1.165) is 6.54 Å². The van der Waals surface area contributed by atoms with Crippen molar-refractivity contribution < 1.29 is 0 Å². The van der Waals surface area contributed by atoms with E-state index in [1.165, 1.54) is 5.56 Å². The van der Waals surface area contributed by atoms with E-state index in [2.05, 4.69) is 23.2 Å². The van der Waals surface area contributed by atoms with E-state index in [-0.39, 0.29) is 0 Å². The maximum Gasteiger partial charge on any atom is 0.0640 e. The molecule has 8 heavy (non-hydrogen) atoms. The van der Waals surface area contributed by atoms with E-state index in [1.807, 2.05) is 5.38 Å². The fourth-order valence-electron chi connectivity index (χ4n) is 0.512. The lowest BCUT2D eigenvalue weighted by molar-refractivity contribution is 1.10. The van der Waals surface area contributed by atoms with Crippen LogP contribution in [0.3, 0.4) is 0 Å². The second kappa shape index (κ2) is 2.62. The first kappa shape index (κ1) is 5.51. The molecule has 0 atom stereocenters. The van der Waals surface area contributed by atoms with E-state index < -0.39 is 0 Å². The number of thiophene rings is 1. The molecule has 0 saturated heterocycles. The summed E-state index contributed by atoms with van der Waals surface area (Å²) < 4.78 is 0. The topological polar surface area (TPSA) is 12.4 Å². The van der Waals surface area contributed by atoms with Crippen molar-refractivity contribution in [3.8, 4) is 0 Å². The van der Waals surface area contributed by atoms with Crippen molar-refractivity contribution in [1.82, 2.24) is 0 Å². The minimum Gasteiger partial charge on any atom is -0.296 e. The molecule has 0 saturated carbocycles. The zero-order valence-electron chi connectivity index (χ0n) is 4.50. The van der Waals surface area contributed by atoms with Gasteiger partial charge >= 0.3 is 0 Å². The van der Waals surface area contributed by atoms with Crippen LogP contribution in [-0.2, 0) is 6.54 Å². The lowest BCUT2D eigenvalue weighted by atomic mass is 10.3. The highest BCUT2D eigenvalue weighted by Gasteiger charge is 1.85. The molecule has 1 heterocycles. The average molecular weight is 125 g/mol. The fourth-order valence-corrected chi connectivity index (χ4v) is 1.17. The average Bonchev–Trinajstić information content (AvgIpc) is 2.19. The van der Waals surface area contributed by atoms with Crippen molar-refractivity contribution in [2.75, 3.05) is 0 Å². The van der Waals surface area contributed by atoms with Gasteiger partial charge in [0, 0.05) is 0 Å². The number of aliphatic imine (C=N–C) groups is 1. The van der Waals surface area contributed by atoms with Crippen molar-refractivity contribution in [2.24, 2.45) is 4.99 Å². The van der Waals surface area contributed by atoms with Gasteiger partial charge in [0.1, 0.15) is 0 Å². The van der Waals surface area contributed by atoms with Gasteiger partial charge in [-0.05, 0) is 29.1 Å². The van der Waals surface area contributed by atoms with Crippen LogP contribution in [-0.4, -0.2) is 6.72 Å². The smallest absolute Gasteiger partial charge is 0.0640 e. The zero-order chi connectivity index (χ0) is 5.82. The van der Waals surface area contributed by atoms with Gasteiger partial charge in [-0.3, -0.25) is 4.99 Å². The van der Waals surface area contributed by atoms with Crippen molar-refractivity contribution in [1.29, 1.82) is 0 Å². The van der Waals surface area contributed by atoms with Crippen LogP contribution in [0.5, 0.6) is 0 Å². The predicted molar refractivity (Wildman–Crippen MR) is 37.6 cm³/mol. The summed E-state index contributed by atoms with van der Waals surface area (Å²) in [4.78, 5) is 3.73. The molecule has 0 bridgehead atoms. The van der Waals surface area contributed by atoms with Gasteiger partial charge in [-0.2, -0.15) is 11.3 Å². The van der Waals surface area contributed by atoms with Crippen molar-refractivity contribution in [2.45, 2.75) is 6.54 Å². The first-order valence-electron chi connectivity index (χ1n) is 2.37. The van der Waals surface area contributed by atoms with E-state index in [9.17, 15) is 0 Å². The third kappa shape index (κ3) is 1.17. The van der Waals surface area contributed by atoms with E-state index in [1.54, 1.807) is 11.3 Å². The zero-order valence-corrected chi connectivity index (χ0v) is 5.32. The maximum absolute atomic E-state index is 3.73. The highest BCUT2D eigenvalue weighted by molar-refractivity contribution is 7.07. The lowest BCUT2D eigenvalue weighted by Crippen LogP contribution is -1.70. The molecule has 0 aliphatic rings. The summed E-state index contributed by atoms with van der Waals surface area (Å²) >= 11 is 1.69. The third-order valence-electron chi connectivity index (χ3n) is 0.874. The van der Waals surface area contributed by atoms with Crippen LogP contribution in [0.4, 0.5) is 0 Å². The molecule has 1 nitrogen and oxygen atoms in total. The van der Waals surface area contributed by atoms with Gasteiger partial charge in [0.25, 0.3) is 0 Å². The summed E-state index contributed by atoms with van der Waals surface area (Å²) in [5.41, 5.74) is 1.25. The lowest BCUT2D eigenvalue weighted by Gasteiger charge is -1.82. The van der Waals surface area contributed by atoms with Crippen molar-refractivity contribution in [3.63, 3.8) is 0 Å². The van der Waals surface area contributed by atoms with E-state index in [0.29, 0.717) is 0 Å². The molecule has 2 heteroatoms. The molecule has 0 spiro atoms. The van der Waals surface area contributed by atoms with Crippen LogP contribution < -0.4 is 0 Å². The minimum atomic E-state index is 0.753. The first-order chi connectivity index (χ1) is 3.93. The monoisotopic (exact) mass is 125 g/mol. The van der Waals surface area contributed by atoms with Crippen molar-refractivity contribution >= 4 is 18.1 Å². The SMILES string of the molecule is C=NCc1ccsc1. The first-order valence-corrected chi connectivity index (χ1v) is 3.31. The van der Waals surface area contributed by atoms with Crippen LogP contribution in [0.2, 0.25) is 0 Å². The highest BCUT2D eigenvalue weighted by Crippen LogP contribution is 2.05. The minimum absolute atomic E-state index is 0.753. The maximum atomic E-state index is 3.73. The Bertz CT molecular complexity index is 155. The Balaban J connectivity index is 2.62. The second-order valence-corrected chi connectivity index (χ2v) is 2.29. The molecule has 0 aliphatic carbocycles. The summed E-state index contributed by atoms with van der Waals surface area (Å²) in [6, 6.07) is 2.05. The van der Waals surface area contributed by atoms with Crippen LogP contribution in [0.1, 0.15) is 5.56 Å². The number of hydrogen-bond donors (Lipinski definition) is 0. The number of rotatable bonds is 2. The molecule has 0 unspecified atom stereocenters. The summed E-state index contributed by atoms with van der Waals surface area (Å²) in [5.74, 6) is 0. The molecule has 0 aliphatic heterocycles. The number of hydrogen-bond acceptors (Lipinski definition) is 2. The van der Waals surface area contributed by atoms with Gasteiger partial charge in [-0.15, -0.1) is 0 Å². The molecular weight excluding hydrogens is 118 g/mol. The summed E-state index contributed by atoms with van der Waals surface area (Å²) in [6.07, 6.45) is 0. The molecule has 1 rings (SSSR count). The normalized spacial score (nSPS) is 9.00. The van der Waals surface area contributed by atoms with Gasteiger partial charge < -0.3 is 0 Å². The Kier molecular flexibility index (Phi) is 1.80. The largest absolute Gasteiger partial charge is 0.296 e. The summed E-state index contributed by atoms with van der Waals surface area (Å²) in [5, 5.41) is 4.12. The van der Waals surface area contributed by atoms with E-state index in [4.69, 9.17) is 0 Å². The van der Waals surface area contributed by atoms with Crippen LogP contribution in [0.15, 0.2) is 21.8 Å². The second-order valence-electron chi connectivity index (χ2n) is 1.51. The molecular formula is C6H7NS. The molecule has 42 valence electrons. The van der Waals surface area contributed by atoms with Crippen LogP contribution in [0.25, 0.3) is 0 Å².